The molecule has 0 aliphatic carbocycles. The van der Waals surface area contributed by atoms with Crippen LogP contribution in [0.25, 0.3) is 0 Å². The molecule has 0 amide bonds. The predicted molar refractivity (Wildman–Crippen MR) is 37.3 cm³/mol. The second-order valence-corrected chi connectivity index (χ2v) is 1.46. The minimum absolute atomic E-state index is 0.0422. The number of nitrogens with two attached hydrogens (primary N) is 1. The molecule has 2 nitrogen and oxygen atoms in total. The first-order valence-electron chi connectivity index (χ1n) is 3.41. The molecule has 0 unspecified atom stereocenters. The van der Waals surface area contributed by atoms with Crippen LogP contribution in [0.5, 0.6) is 0 Å². The van der Waals surface area contributed by atoms with Crippen molar-refractivity contribution in [3.63, 3.8) is 0 Å². The number of ether oxygens (including phenoxy) is 1. The summed E-state index contributed by atoms with van der Waals surface area (Å²) >= 11 is 0. The van der Waals surface area contributed by atoms with E-state index in [0.29, 0.717) is 0 Å². The van der Waals surface area contributed by atoms with Crippen LogP contribution in [0.4, 0.5) is 13.2 Å². The fourth-order valence-corrected chi connectivity index (χ4v) is 0.271. The summed E-state index contributed by atoms with van der Waals surface area (Å²) < 4.78 is 37.7. The Hall–Kier alpha value is -0.290. The van der Waals surface area contributed by atoms with Crippen LogP contribution in [0.3, 0.4) is 0 Å². The van der Waals surface area contributed by atoms with Gasteiger partial charge in [0.15, 0.2) is 0 Å². The van der Waals surface area contributed by atoms with Crippen LogP contribution in [0.15, 0.2) is 0 Å². The standard InChI is InChI=1S/C4H8F3NO.C2H6/c5-4(6,7)3-9-2-1-8;1-2/h1-3,8H2;1-2H3. The number of hydrogen-bond acceptors (Lipinski definition) is 2. The van der Waals surface area contributed by atoms with Crippen molar-refractivity contribution in [3.05, 3.63) is 0 Å². The molecule has 0 aliphatic heterocycles. The second-order valence-electron chi connectivity index (χ2n) is 1.46. The van der Waals surface area contributed by atoms with Crippen LogP contribution in [0.2, 0.25) is 0 Å². The van der Waals surface area contributed by atoms with E-state index >= 15 is 0 Å². The molecule has 0 radical (unpaired) electrons. The molecule has 2 N–H and O–H groups in total. The molecule has 0 rings (SSSR count). The van der Waals surface area contributed by atoms with Crippen molar-refractivity contribution in [2.24, 2.45) is 5.73 Å². The van der Waals surface area contributed by atoms with E-state index in [0.717, 1.165) is 0 Å². The Labute approximate surface area is 64.5 Å². The molecule has 70 valence electrons. The average Bonchev–Trinajstić information content (AvgIpc) is 1.90. The van der Waals surface area contributed by atoms with Gasteiger partial charge >= 0.3 is 6.18 Å². The van der Waals surface area contributed by atoms with Gasteiger partial charge in [-0.3, -0.25) is 0 Å². The molecular formula is C6H14F3NO. The zero-order chi connectivity index (χ0) is 9.33. The largest absolute Gasteiger partial charge is 0.411 e. The van der Waals surface area contributed by atoms with Gasteiger partial charge in [-0.25, -0.2) is 0 Å². The predicted octanol–water partition coefficient (Wildman–Crippen LogP) is 1.55. The van der Waals surface area contributed by atoms with Gasteiger partial charge in [0.1, 0.15) is 6.61 Å². The van der Waals surface area contributed by atoms with E-state index in [1.54, 1.807) is 0 Å². The van der Waals surface area contributed by atoms with Crippen LogP contribution in [0.1, 0.15) is 13.8 Å². The normalized spacial score (nSPS) is 10.4. The van der Waals surface area contributed by atoms with Gasteiger partial charge in [-0.2, -0.15) is 13.2 Å². The topological polar surface area (TPSA) is 35.2 Å². The fourth-order valence-electron chi connectivity index (χ4n) is 0.271. The third-order valence-corrected chi connectivity index (χ3v) is 0.528. The van der Waals surface area contributed by atoms with Gasteiger partial charge in [0.2, 0.25) is 0 Å². The Morgan fingerprint density at radius 2 is 1.73 bits per heavy atom. The van der Waals surface area contributed by atoms with Crippen LogP contribution in [-0.2, 0) is 4.74 Å². The maximum Gasteiger partial charge on any atom is 0.411 e. The van der Waals surface area contributed by atoms with E-state index in [9.17, 15) is 13.2 Å². The zero-order valence-corrected chi connectivity index (χ0v) is 6.74. The molecule has 0 saturated heterocycles. The Bertz CT molecular complexity index is 74.7. The molecule has 5 heteroatoms. The monoisotopic (exact) mass is 173 g/mol. The summed E-state index contributed by atoms with van der Waals surface area (Å²) in [7, 11) is 0. The third kappa shape index (κ3) is 17.7. The van der Waals surface area contributed by atoms with Gasteiger partial charge in [0.25, 0.3) is 0 Å². The summed E-state index contributed by atoms with van der Waals surface area (Å²) in [6.07, 6.45) is -4.23. The van der Waals surface area contributed by atoms with Crippen LogP contribution in [-0.4, -0.2) is 25.9 Å². The lowest BCUT2D eigenvalue weighted by Crippen LogP contribution is -2.20. The number of hydrogen-bond donors (Lipinski definition) is 1. The molecule has 0 aliphatic rings. The first-order chi connectivity index (χ1) is 5.06. The van der Waals surface area contributed by atoms with E-state index < -0.39 is 12.8 Å². The smallest absolute Gasteiger partial charge is 0.371 e. The highest BCUT2D eigenvalue weighted by Gasteiger charge is 2.26. The molecule has 0 bridgehead atoms. The summed E-state index contributed by atoms with van der Waals surface area (Å²) in [5.41, 5.74) is 4.87. The molecule has 0 heterocycles. The summed E-state index contributed by atoms with van der Waals surface area (Å²) in [5.74, 6) is 0. The minimum atomic E-state index is -4.23. The van der Waals surface area contributed by atoms with Crippen molar-refractivity contribution in [1.29, 1.82) is 0 Å². The molecule has 0 aromatic carbocycles. The maximum atomic E-state index is 11.2. The summed E-state index contributed by atoms with van der Waals surface area (Å²) in [4.78, 5) is 0. The maximum absolute atomic E-state index is 11.2. The molecule has 0 saturated carbocycles. The lowest BCUT2D eigenvalue weighted by Gasteiger charge is -2.04. The molecule has 0 aromatic heterocycles. The lowest BCUT2D eigenvalue weighted by molar-refractivity contribution is -0.173. The van der Waals surface area contributed by atoms with Gasteiger partial charge in [-0.05, 0) is 0 Å². The van der Waals surface area contributed by atoms with Crippen molar-refractivity contribution >= 4 is 0 Å². The Morgan fingerprint density at radius 3 is 2.00 bits per heavy atom. The second kappa shape index (κ2) is 7.81. The first kappa shape index (κ1) is 13.3. The SMILES string of the molecule is CC.NCCOCC(F)(F)F. The third-order valence-electron chi connectivity index (χ3n) is 0.528. The van der Waals surface area contributed by atoms with Crippen molar-refractivity contribution in [1.82, 2.24) is 0 Å². The van der Waals surface area contributed by atoms with Crippen molar-refractivity contribution in [2.75, 3.05) is 19.8 Å². The minimum Gasteiger partial charge on any atom is -0.371 e. The molecular weight excluding hydrogens is 159 g/mol. The molecule has 0 atom stereocenters. The Morgan fingerprint density at radius 1 is 1.27 bits per heavy atom. The van der Waals surface area contributed by atoms with Crippen LogP contribution < -0.4 is 5.73 Å². The summed E-state index contributed by atoms with van der Waals surface area (Å²) in [6, 6.07) is 0. The van der Waals surface area contributed by atoms with Gasteiger partial charge in [0, 0.05) is 6.54 Å². The van der Waals surface area contributed by atoms with Gasteiger partial charge in [-0.15, -0.1) is 0 Å². The zero-order valence-electron chi connectivity index (χ0n) is 6.74. The number of alkyl halides is 3. The van der Waals surface area contributed by atoms with E-state index in [1.165, 1.54) is 0 Å². The molecule has 11 heavy (non-hydrogen) atoms. The Kier molecular flexibility index (Phi) is 9.45. The molecule has 0 spiro atoms. The molecule has 0 fully saturated rings. The number of halogens is 3. The Balaban J connectivity index is 0. The molecule has 0 aromatic rings. The van der Waals surface area contributed by atoms with E-state index in [-0.39, 0.29) is 13.2 Å². The van der Waals surface area contributed by atoms with E-state index in [2.05, 4.69) is 4.74 Å². The van der Waals surface area contributed by atoms with E-state index in [1.807, 2.05) is 13.8 Å². The summed E-state index contributed by atoms with van der Waals surface area (Å²) in [5, 5.41) is 0. The van der Waals surface area contributed by atoms with E-state index in [4.69, 9.17) is 5.73 Å². The van der Waals surface area contributed by atoms with Gasteiger partial charge < -0.3 is 10.5 Å². The van der Waals surface area contributed by atoms with Crippen LogP contribution >= 0.6 is 0 Å². The van der Waals surface area contributed by atoms with Crippen molar-refractivity contribution in [3.8, 4) is 0 Å². The lowest BCUT2D eigenvalue weighted by atomic mass is 10.7. The first-order valence-corrected chi connectivity index (χ1v) is 3.41. The van der Waals surface area contributed by atoms with Gasteiger partial charge in [0.05, 0.1) is 6.61 Å². The fraction of sp³-hybridized carbons (Fsp3) is 1.00. The van der Waals surface area contributed by atoms with Crippen molar-refractivity contribution in [2.45, 2.75) is 20.0 Å². The highest BCUT2D eigenvalue weighted by atomic mass is 19.4. The quantitative estimate of drug-likeness (QED) is 0.657. The summed E-state index contributed by atoms with van der Waals surface area (Å²) in [6.45, 7) is 2.87. The van der Waals surface area contributed by atoms with Crippen LogP contribution in [0, 0.1) is 0 Å². The average molecular weight is 173 g/mol. The highest BCUT2D eigenvalue weighted by molar-refractivity contribution is 4.44. The van der Waals surface area contributed by atoms with Gasteiger partial charge in [-0.1, -0.05) is 13.8 Å². The van der Waals surface area contributed by atoms with Crippen molar-refractivity contribution < 1.29 is 17.9 Å². The number of rotatable bonds is 3. The highest BCUT2D eigenvalue weighted by Crippen LogP contribution is 2.13.